The van der Waals surface area contributed by atoms with Gasteiger partial charge >= 0.3 is 6.03 Å². The molecule has 214 valence electrons. The second kappa shape index (κ2) is 12.6. The van der Waals surface area contributed by atoms with E-state index >= 15 is 0 Å². The fourth-order valence-electron chi connectivity index (χ4n) is 4.21. The van der Waals surface area contributed by atoms with Gasteiger partial charge in [-0.15, -0.1) is 0 Å². The van der Waals surface area contributed by atoms with Crippen molar-refractivity contribution in [2.24, 2.45) is 5.92 Å². The van der Waals surface area contributed by atoms with Gasteiger partial charge in [0.25, 0.3) is 15.9 Å². The van der Waals surface area contributed by atoms with Crippen LogP contribution in [-0.2, 0) is 10.0 Å². The minimum Gasteiger partial charge on any atom is -0.497 e. The number of aliphatic hydroxyl groups excluding tert-OH is 1. The largest absolute Gasteiger partial charge is 0.497 e. The lowest BCUT2D eigenvalue weighted by molar-refractivity contribution is 0.0369. The number of aliphatic hydroxyl groups is 1. The molecular weight excluding hydrogens is 524 g/mol. The molecule has 0 saturated heterocycles. The van der Waals surface area contributed by atoms with E-state index in [0.29, 0.717) is 5.75 Å². The number of benzene rings is 2. The molecule has 0 bridgehead atoms. The van der Waals surface area contributed by atoms with E-state index in [-0.39, 0.29) is 59.6 Å². The Hall–Kier alpha value is -3.51. The number of anilines is 1. The van der Waals surface area contributed by atoms with Crippen molar-refractivity contribution in [1.82, 2.24) is 15.1 Å². The first-order valence-electron chi connectivity index (χ1n) is 12.8. The van der Waals surface area contributed by atoms with Crippen LogP contribution < -0.4 is 19.5 Å². The molecule has 3 amide bonds. The number of hydrogen-bond donors (Lipinski definition) is 3. The second-order valence-corrected chi connectivity index (χ2v) is 11.8. The topological polar surface area (TPSA) is 138 Å². The van der Waals surface area contributed by atoms with Crippen LogP contribution in [0.3, 0.4) is 0 Å². The lowest BCUT2D eigenvalue weighted by atomic mass is 9.99. The van der Waals surface area contributed by atoms with E-state index in [1.807, 2.05) is 20.8 Å². The number of urea groups is 1. The minimum atomic E-state index is -4.05. The number of nitrogens with zero attached hydrogens (tertiary/aromatic N) is 2. The normalized spacial score (nSPS) is 18.4. The van der Waals surface area contributed by atoms with Crippen molar-refractivity contribution in [2.75, 3.05) is 38.6 Å². The van der Waals surface area contributed by atoms with E-state index in [0.717, 1.165) is 0 Å². The highest BCUT2D eigenvalue weighted by Gasteiger charge is 2.35. The number of nitrogens with one attached hydrogen (secondary N) is 2. The zero-order chi connectivity index (χ0) is 28.9. The molecule has 3 N–H and O–H groups in total. The maximum Gasteiger partial charge on any atom is 0.317 e. The second-order valence-electron chi connectivity index (χ2n) is 10.1. The number of ether oxygens (including phenoxy) is 2. The molecule has 11 nitrogen and oxygen atoms in total. The van der Waals surface area contributed by atoms with Crippen LogP contribution in [0, 0.1) is 5.92 Å². The van der Waals surface area contributed by atoms with Gasteiger partial charge in [-0.05, 0) is 57.2 Å². The van der Waals surface area contributed by atoms with Crippen molar-refractivity contribution in [1.29, 1.82) is 0 Å². The van der Waals surface area contributed by atoms with Crippen molar-refractivity contribution in [2.45, 2.75) is 50.8 Å². The molecule has 3 atom stereocenters. The summed E-state index contributed by atoms with van der Waals surface area (Å²) in [5.74, 6) is -0.0953. The Kier molecular flexibility index (Phi) is 9.68. The Labute approximate surface area is 230 Å². The van der Waals surface area contributed by atoms with Gasteiger partial charge in [0.1, 0.15) is 11.9 Å². The fourth-order valence-corrected chi connectivity index (χ4v) is 5.27. The number of rotatable bonds is 9. The van der Waals surface area contributed by atoms with Gasteiger partial charge in [0, 0.05) is 25.6 Å². The van der Waals surface area contributed by atoms with Crippen LogP contribution in [-0.4, -0.2) is 87.3 Å². The molecule has 0 fully saturated rings. The highest BCUT2D eigenvalue weighted by molar-refractivity contribution is 7.92. The SMILES string of the molecule is COc1ccc(S(=O)(=O)Nc2cccc3c2O[C@@H](CN(C)C(=O)NC(C)C)[C@H](C)CN([C@@H](C)CO)C3=O)cc1. The van der Waals surface area contributed by atoms with Crippen LogP contribution in [0.2, 0.25) is 0 Å². The Balaban J connectivity index is 2.04. The maximum absolute atomic E-state index is 13.6. The number of carbonyl (C=O) groups excluding carboxylic acids is 2. The van der Waals surface area contributed by atoms with Gasteiger partial charge in [0.15, 0.2) is 5.75 Å². The number of sulfonamides is 1. The monoisotopic (exact) mass is 562 g/mol. The third-order valence-corrected chi connectivity index (χ3v) is 7.90. The third-order valence-electron chi connectivity index (χ3n) is 6.52. The number of fused-ring (bicyclic) bond motifs is 1. The Morgan fingerprint density at radius 3 is 2.46 bits per heavy atom. The quantitative estimate of drug-likeness (QED) is 0.427. The van der Waals surface area contributed by atoms with E-state index in [9.17, 15) is 23.1 Å². The van der Waals surface area contributed by atoms with Crippen molar-refractivity contribution in [3.8, 4) is 11.5 Å². The Bertz CT molecular complexity index is 1270. The van der Waals surface area contributed by atoms with Crippen molar-refractivity contribution >= 4 is 27.6 Å². The van der Waals surface area contributed by atoms with E-state index in [1.165, 1.54) is 42.3 Å². The summed E-state index contributed by atoms with van der Waals surface area (Å²) in [5.41, 5.74) is 0.234. The van der Waals surface area contributed by atoms with Gasteiger partial charge in [-0.1, -0.05) is 13.0 Å². The van der Waals surface area contributed by atoms with Gasteiger partial charge in [0.05, 0.1) is 42.4 Å². The number of methoxy groups -OCH3 is 1. The Morgan fingerprint density at radius 2 is 1.87 bits per heavy atom. The first-order chi connectivity index (χ1) is 18.4. The zero-order valence-electron chi connectivity index (χ0n) is 23.2. The van der Waals surface area contributed by atoms with E-state index in [4.69, 9.17) is 9.47 Å². The molecule has 1 aliphatic heterocycles. The van der Waals surface area contributed by atoms with Crippen molar-refractivity contribution in [3.05, 3.63) is 48.0 Å². The highest BCUT2D eigenvalue weighted by atomic mass is 32.2. The summed E-state index contributed by atoms with van der Waals surface area (Å²) >= 11 is 0. The van der Waals surface area contributed by atoms with Gasteiger partial charge in [-0.25, -0.2) is 13.2 Å². The van der Waals surface area contributed by atoms with Gasteiger partial charge in [-0.2, -0.15) is 0 Å². The number of carbonyl (C=O) groups is 2. The zero-order valence-corrected chi connectivity index (χ0v) is 24.0. The van der Waals surface area contributed by atoms with Gasteiger partial charge in [-0.3, -0.25) is 9.52 Å². The van der Waals surface area contributed by atoms with Crippen LogP contribution in [0.1, 0.15) is 38.1 Å². The lowest BCUT2D eigenvalue weighted by Gasteiger charge is -2.38. The van der Waals surface area contributed by atoms with E-state index in [1.54, 1.807) is 31.0 Å². The molecule has 0 aromatic heterocycles. The maximum atomic E-state index is 13.6. The Morgan fingerprint density at radius 1 is 1.21 bits per heavy atom. The molecule has 1 heterocycles. The molecule has 1 aliphatic rings. The number of amides is 3. The van der Waals surface area contributed by atoms with Crippen LogP contribution in [0.5, 0.6) is 11.5 Å². The summed E-state index contributed by atoms with van der Waals surface area (Å²) in [7, 11) is -0.921. The standard InChI is InChI=1S/C27H38N4O7S/c1-17(2)28-27(34)30(5)15-24-18(3)14-31(19(4)16-32)26(33)22-8-7-9-23(25(22)38-24)29-39(35,36)21-12-10-20(37-6)11-13-21/h7-13,17-19,24,29,32H,14-16H2,1-6H3,(H,28,34)/t18-,19+,24+/m1/s1. The summed E-state index contributed by atoms with van der Waals surface area (Å²) in [6.45, 7) is 7.54. The molecule has 39 heavy (non-hydrogen) atoms. The smallest absolute Gasteiger partial charge is 0.317 e. The van der Waals surface area contributed by atoms with Gasteiger partial charge in [0.2, 0.25) is 0 Å². The molecule has 0 saturated carbocycles. The third kappa shape index (κ3) is 7.12. The van der Waals surface area contributed by atoms with Crippen LogP contribution in [0.4, 0.5) is 10.5 Å². The molecule has 2 aromatic rings. The van der Waals surface area contributed by atoms with Crippen molar-refractivity contribution in [3.63, 3.8) is 0 Å². The molecule has 12 heteroatoms. The fraction of sp³-hybridized carbons (Fsp3) is 0.481. The van der Waals surface area contributed by atoms with Crippen LogP contribution in [0.25, 0.3) is 0 Å². The molecule has 0 aliphatic carbocycles. The predicted molar refractivity (Wildman–Crippen MR) is 148 cm³/mol. The molecule has 0 radical (unpaired) electrons. The summed E-state index contributed by atoms with van der Waals surface area (Å²) in [4.78, 5) is 29.3. The minimum absolute atomic E-state index is 0.00334. The van der Waals surface area contributed by atoms with Crippen LogP contribution >= 0.6 is 0 Å². The summed E-state index contributed by atoms with van der Waals surface area (Å²) in [5, 5.41) is 12.7. The van der Waals surface area contributed by atoms with E-state index < -0.39 is 28.1 Å². The predicted octanol–water partition coefficient (Wildman–Crippen LogP) is 2.77. The first kappa shape index (κ1) is 30.0. The molecule has 0 unspecified atom stereocenters. The molecule has 2 aromatic carbocycles. The number of para-hydroxylation sites is 1. The van der Waals surface area contributed by atoms with Crippen LogP contribution in [0.15, 0.2) is 47.4 Å². The summed E-state index contributed by atoms with van der Waals surface area (Å²) in [6.07, 6.45) is -0.597. The summed E-state index contributed by atoms with van der Waals surface area (Å²) < 4.78 is 40.6. The van der Waals surface area contributed by atoms with E-state index in [2.05, 4.69) is 10.0 Å². The molecule has 0 spiro atoms. The number of hydrogen-bond acceptors (Lipinski definition) is 7. The van der Waals surface area contributed by atoms with Gasteiger partial charge < -0.3 is 29.7 Å². The molecular formula is C27H38N4O7S. The summed E-state index contributed by atoms with van der Waals surface area (Å²) in [6, 6.07) is 9.71. The number of likely N-dealkylation sites (N-methyl/N-ethyl adjacent to an activating group) is 1. The highest BCUT2D eigenvalue weighted by Crippen LogP contribution is 2.36. The first-order valence-corrected chi connectivity index (χ1v) is 14.3. The lowest BCUT2D eigenvalue weighted by Crippen LogP contribution is -2.51. The average Bonchev–Trinajstić information content (AvgIpc) is 2.89. The van der Waals surface area contributed by atoms with Crippen molar-refractivity contribution < 1.29 is 32.6 Å². The average molecular weight is 563 g/mol. The molecule has 3 rings (SSSR count).